The second-order valence-electron chi connectivity index (χ2n) is 6.24. The molecule has 6 heteroatoms. The second kappa shape index (κ2) is 8.60. The Balaban J connectivity index is 1.88. The number of rotatable bonds is 4. The van der Waals surface area contributed by atoms with Crippen LogP contribution in [0.4, 0.5) is 10.1 Å². The molecular weight excluding hydrogens is 347 g/mol. The Morgan fingerprint density at radius 3 is 2.70 bits per heavy atom. The number of nitrogens with zero attached hydrogens (tertiary/aromatic N) is 1. The maximum Gasteiger partial charge on any atom is 0.254 e. The van der Waals surface area contributed by atoms with Crippen molar-refractivity contribution in [1.29, 1.82) is 0 Å². The smallest absolute Gasteiger partial charge is 0.254 e. The normalized spacial score (nSPS) is 17.1. The Morgan fingerprint density at radius 1 is 1.19 bits per heavy atom. The highest BCUT2D eigenvalue weighted by atomic mass is 19.1. The van der Waals surface area contributed by atoms with Crippen LogP contribution in [0.1, 0.15) is 28.4 Å². The summed E-state index contributed by atoms with van der Waals surface area (Å²) in [5.74, 6) is -0.816. The van der Waals surface area contributed by atoms with E-state index in [1.807, 2.05) is 0 Å². The van der Waals surface area contributed by atoms with Crippen molar-refractivity contribution in [3.05, 3.63) is 78.1 Å². The van der Waals surface area contributed by atoms with E-state index in [0.717, 1.165) is 5.56 Å². The van der Waals surface area contributed by atoms with Gasteiger partial charge in [0.05, 0.1) is 12.6 Å². The number of ether oxygens (including phenoxy) is 1. The molecule has 0 spiro atoms. The van der Waals surface area contributed by atoms with Crippen molar-refractivity contribution in [2.24, 2.45) is 0 Å². The zero-order valence-corrected chi connectivity index (χ0v) is 14.9. The van der Waals surface area contributed by atoms with Gasteiger partial charge in [0.2, 0.25) is 5.91 Å². The SMILES string of the molecule is C=CC(=O)Nc1cccc(C(=O)N2CCOCCC2c2ccc(F)cc2)c1. The van der Waals surface area contributed by atoms with Gasteiger partial charge in [-0.15, -0.1) is 0 Å². The predicted molar refractivity (Wildman–Crippen MR) is 101 cm³/mol. The van der Waals surface area contributed by atoms with Crippen LogP contribution in [0.2, 0.25) is 0 Å². The van der Waals surface area contributed by atoms with Crippen molar-refractivity contribution in [3.63, 3.8) is 0 Å². The molecule has 3 rings (SSSR count). The fraction of sp³-hybridized carbons (Fsp3) is 0.238. The molecule has 27 heavy (non-hydrogen) atoms. The molecule has 1 fully saturated rings. The van der Waals surface area contributed by atoms with E-state index in [0.29, 0.717) is 37.4 Å². The van der Waals surface area contributed by atoms with Crippen molar-refractivity contribution in [2.45, 2.75) is 12.5 Å². The largest absolute Gasteiger partial charge is 0.380 e. The van der Waals surface area contributed by atoms with Gasteiger partial charge in [0.1, 0.15) is 5.82 Å². The first-order valence-electron chi connectivity index (χ1n) is 8.76. The Labute approximate surface area is 157 Å². The maximum atomic E-state index is 13.3. The van der Waals surface area contributed by atoms with Crippen LogP contribution in [0.3, 0.4) is 0 Å². The summed E-state index contributed by atoms with van der Waals surface area (Å²) in [6.45, 7) is 4.82. The fourth-order valence-corrected chi connectivity index (χ4v) is 3.14. The zero-order chi connectivity index (χ0) is 19.2. The average molecular weight is 368 g/mol. The number of anilines is 1. The van der Waals surface area contributed by atoms with Gasteiger partial charge in [-0.05, 0) is 48.4 Å². The molecule has 0 bridgehead atoms. The van der Waals surface area contributed by atoms with Crippen molar-refractivity contribution >= 4 is 17.5 Å². The van der Waals surface area contributed by atoms with Crippen LogP contribution >= 0.6 is 0 Å². The molecule has 0 radical (unpaired) electrons. The van der Waals surface area contributed by atoms with Crippen molar-refractivity contribution < 1.29 is 18.7 Å². The third kappa shape index (κ3) is 4.60. The lowest BCUT2D eigenvalue weighted by Crippen LogP contribution is -2.36. The number of hydrogen-bond acceptors (Lipinski definition) is 3. The van der Waals surface area contributed by atoms with Crippen LogP contribution in [0.25, 0.3) is 0 Å². The molecule has 0 aromatic heterocycles. The highest BCUT2D eigenvalue weighted by Crippen LogP contribution is 2.28. The molecule has 0 aliphatic carbocycles. The minimum Gasteiger partial charge on any atom is -0.380 e. The van der Waals surface area contributed by atoms with Gasteiger partial charge in [0.15, 0.2) is 0 Å². The highest BCUT2D eigenvalue weighted by Gasteiger charge is 2.28. The minimum atomic E-state index is -0.341. The number of hydrogen-bond donors (Lipinski definition) is 1. The Bertz CT molecular complexity index is 836. The van der Waals surface area contributed by atoms with E-state index in [-0.39, 0.29) is 23.7 Å². The molecule has 1 saturated heterocycles. The predicted octanol–water partition coefficient (Wildman–Crippen LogP) is 3.55. The summed E-state index contributed by atoms with van der Waals surface area (Å²) < 4.78 is 18.8. The summed E-state index contributed by atoms with van der Waals surface area (Å²) >= 11 is 0. The van der Waals surface area contributed by atoms with E-state index in [4.69, 9.17) is 4.74 Å². The quantitative estimate of drug-likeness (QED) is 0.840. The Kier molecular flexibility index (Phi) is 5.98. The molecule has 1 aliphatic rings. The van der Waals surface area contributed by atoms with E-state index in [2.05, 4.69) is 11.9 Å². The van der Waals surface area contributed by atoms with Crippen LogP contribution in [0, 0.1) is 5.82 Å². The number of amides is 2. The summed E-state index contributed by atoms with van der Waals surface area (Å²) in [5, 5.41) is 2.66. The second-order valence-corrected chi connectivity index (χ2v) is 6.24. The van der Waals surface area contributed by atoms with E-state index in [1.165, 1.54) is 18.2 Å². The van der Waals surface area contributed by atoms with Crippen LogP contribution in [0.5, 0.6) is 0 Å². The van der Waals surface area contributed by atoms with Crippen LogP contribution in [-0.2, 0) is 9.53 Å². The molecule has 140 valence electrons. The van der Waals surface area contributed by atoms with Gasteiger partial charge in [-0.1, -0.05) is 24.8 Å². The molecule has 1 atom stereocenters. The Hall–Kier alpha value is -2.99. The number of benzene rings is 2. The van der Waals surface area contributed by atoms with Gasteiger partial charge < -0.3 is 15.0 Å². The first-order valence-corrected chi connectivity index (χ1v) is 8.76. The number of halogens is 1. The molecule has 2 aromatic rings. The third-order valence-corrected chi connectivity index (χ3v) is 4.47. The van der Waals surface area contributed by atoms with E-state index in [9.17, 15) is 14.0 Å². The number of carbonyl (C=O) groups excluding carboxylic acids is 2. The minimum absolute atomic E-state index is 0.162. The van der Waals surface area contributed by atoms with Crippen molar-refractivity contribution in [3.8, 4) is 0 Å². The standard InChI is InChI=1S/C21H21FN2O3/c1-2-20(25)23-18-5-3-4-16(14-18)21(26)24-11-13-27-12-10-19(24)15-6-8-17(22)9-7-15/h2-9,14,19H,1,10-13H2,(H,23,25). The molecule has 2 amide bonds. The van der Waals surface area contributed by atoms with Crippen molar-refractivity contribution in [2.75, 3.05) is 25.1 Å². The number of nitrogens with one attached hydrogen (secondary N) is 1. The summed E-state index contributed by atoms with van der Waals surface area (Å²) in [4.78, 5) is 26.4. The van der Waals surface area contributed by atoms with E-state index >= 15 is 0 Å². The van der Waals surface area contributed by atoms with Gasteiger partial charge in [0.25, 0.3) is 5.91 Å². The maximum absolute atomic E-state index is 13.3. The molecule has 2 aromatic carbocycles. The molecule has 1 aliphatic heterocycles. The molecule has 1 unspecified atom stereocenters. The number of carbonyl (C=O) groups is 2. The van der Waals surface area contributed by atoms with Gasteiger partial charge in [-0.2, -0.15) is 0 Å². The lowest BCUT2D eigenvalue weighted by Gasteiger charge is -2.30. The van der Waals surface area contributed by atoms with Gasteiger partial charge in [-0.25, -0.2) is 4.39 Å². The average Bonchev–Trinajstić information content (AvgIpc) is 2.94. The third-order valence-electron chi connectivity index (χ3n) is 4.47. The van der Waals surface area contributed by atoms with Crippen LogP contribution in [-0.4, -0.2) is 36.5 Å². The van der Waals surface area contributed by atoms with E-state index < -0.39 is 0 Å². The van der Waals surface area contributed by atoms with Crippen LogP contribution < -0.4 is 5.32 Å². The first-order chi connectivity index (χ1) is 13.1. The lowest BCUT2D eigenvalue weighted by atomic mass is 10.0. The van der Waals surface area contributed by atoms with Gasteiger partial charge in [0, 0.05) is 24.4 Å². The zero-order valence-electron chi connectivity index (χ0n) is 14.9. The topological polar surface area (TPSA) is 58.6 Å². The first kappa shape index (κ1) is 18.8. The Morgan fingerprint density at radius 2 is 1.96 bits per heavy atom. The van der Waals surface area contributed by atoms with E-state index in [1.54, 1.807) is 41.3 Å². The summed E-state index contributed by atoms with van der Waals surface area (Å²) in [7, 11) is 0. The van der Waals surface area contributed by atoms with Crippen molar-refractivity contribution in [1.82, 2.24) is 4.90 Å². The summed E-state index contributed by atoms with van der Waals surface area (Å²) in [6, 6.07) is 12.8. The molecule has 0 saturated carbocycles. The molecular formula is C21H21FN2O3. The monoisotopic (exact) mass is 368 g/mol. The molecule has 1 N–H and O–H groups in total. The highest BCUT2D eigenvalue weighted by molar-refractivity contribution is 6.00. The molecule has 1 heterocycles. The van der Waals surface area contributed by atoms with Crippen LogP contribution in [0.15, 0.2) is 61.2 Å². The molecule has 5 nitrogen and oxygen atoms in total. The lowest BCUT2D eigenvalue weighted by molar-refractivity contribution is -0.111. The fourth-order valence-electron chi connectivity index (χ4n) is 3.14. The van der Waals surface area contributed by atoms with Gasteiger partial charge >= 0.3 is 0 Å². The van der Waals surface area contributed by atoms with Gasteiger partial charge in [-0.3, -0.25) is 9.59 Å². The summed E-state index contributed by atoms with van der Waals surface area (Å²) in [5.41, 5.74) is 1.85. The summed E-state index contributed by atoms with van der Waals surface area (Å²) in [6.07, 6.45) is 1.80.